The lowest BCUT2D eigenvalue weighted by Crippen LogP contribution is -2.40. The number of Topliss-reactive ketones (excluding diaryl/α,β-unsaturated/α-hetero) is 1. The Morgan fingerprint density at radius 2 is 2.29 bits per heavy atom. The third-order valence-electron chi connectivity index (χ3n) is 4.49. The molecule has 0 aromatic carbocycles. The highest BCUT2D eigenvalue weighted by atomic mass is 16.1. The molecule has 0 spiro atoms. The first-order valence-corrected chi connectivity index (χ1v) is 6.41. The van der Waals surface area contributed by atoms with E-state index in [9.17, 15) is 4.79 Å². The van der Waals surface area contributed by atoms with Crippen molar-refractivity contribution in [3.63, 3.8) is 0 Å². The Balaban J connectivity index is 1.70. The SMILES string of the molecule is Cn1cc(CC(=O)C2C3CCC(C3)C2N)cn1. The van der Waals surface area contributed by atoms with E-state index in [1.54, 1.807) is 10.9 Å². The quantitative estimate of drug-likeness (QED) is 0.844. The van der Waals surface area contributed by atoms with Crippen molar-refractivity contribution in [2.24, 2.45) is 30.5 Å². The normalized spacial score (nSPS) is 35.4. The summed E-state index contributed by atoms with van der Waals surface area (Å²) < 4.78 is 1.74. The third-order valence-corrected chi connectivity index (χ3v) is 4.49. The Bertz CT molecular complexity index is 438. The number of carbonyl (C=O) groups is 1. The zero-order valence-corrected chi connectivity index (χ0v) is 10.2. The molecule has 2 N–H and O–H groups in total. The van der Waals surface area contributed by atoms with Crippen LogP contribution in [0.2, 0.25) is 0 Å². The molecule has 17 heavy (non-hydrogen) atoms. The van der Waals surface area contributed by atoms with E-state index in [4.69, 9.17) is 5.73 Å². The van der Waals surface area contributed by atoms with Crippen molar-refractivity contribution in [2.75, 3.05) is 0 Å². The molecular formula is C13H19N3O. The molecule has 92 valence electrons. The van der Waals surface area contributed by atoms with Crippen LogP contribution < -0.4 is 5.73 Å². The molecular weight excluding hydrogens is 214 g/mol. The topological polar surface area (TPSA) is 60.9 Å². The van der Waals surface area contributed by atoms with Crippen molar-refractivity contribution in [2.45, 2.75) is 31.7 Å². The van der Waals surface area contributed by atoms with Crippen LogP contribution in [0.4, 0.5) is 0 Å². The average molecular weight is 233 g/mol. The lowest BCUT2D eigenvalue weighted by atomic mass is 9.81. The Kier molecular flexibility index (Phi) is 2.54. The van der Waals surface area contributed by atoms with Crippen molar-refractivity contribution >= 4 is 5.78 Å². The largest absolute Gasteiger partial charge is 0.327 e. The number of nitrogens with zero attached hydrogens (tertiary/aromatic N) is 2. The van der Waals surface area contributed by atoms with Gasteiger partial charge in [0.15, 0.2) is 0 Å². The maximum Gasteiger partial charge on any atom is 0.142 e. The summed E-state index contributed by atoms with van der Waals surface area (Å²) in [7, 11) is 1.87. The van der Waals surface area contributed by atoms with Gasteiger partial charge in [-0.2, -0.15) is 5.10 Å². The highest BCUT2D eigenvalue weighted by Gasteiger charge is 2.48. The van der Waals surface area contributed by atoms with Gasteiger partial charge in [0.1, 0.15) is 5.78 Å². The monoisotopic (exact) mass is 233 g/mol. The van der Waals surface area contributed by atoms with Gasteiger partial charge >= 0.3 is 0 Å². The van der Waals surface area contributed by atoms with Gasteiger partial charge in [0.2, 0.25) is 0 Å². The second-order valence-corrected chi connectivity index (χ2v) is 5.60. The molecule has 1 aromatic heterocycles. The first-order valence-electron chi connectivity index (χ1n) is 6.41. The number of carbonyl (C=O) groups excluding carboxylic acids is 1. The van der Waals surface area contributed by atoms with Gasteiger partial charge in [-0.3, -0.25) is 9.48 Å². The second kappa shape index (κ2) is 3.95. The molecule has 4 heteroatoms. The molecule has 2 aliphatic rings. The summed E-state index contributed by atoms with van der Waals surface area (Å²) in [5.41, 5.74) is 7.19. The number of fused-ring (bicyclic) bond motifs is 2. The van der Waals surface area contributed by atoms with Gasteiger partial charge in [-0.15, -0.1) is 0 Å². The van der Waals surface area contributed by atoms with Crippen molar-refractivity contribution in [1.82, 2.24) is 9.78 Å². The zero-order valence-electron chi connectivity index (χ0n) is 10.2. The maximum atomic E-state index is 12.3. The van der Waals surface area contributed by atoms with Gasteiger partial charge in [0.05, 0.1) is 6.20 Å². The molecule has 3 rings (SSSR count). The fourth-order valence-corrected chi connectivity index (χ4v) is 3.70. The lowest BCUT2D eigenvalue weighted by Gasteiger charge is -2.26. The molecule has 0 aliphatic heterocycles. The standard InChI is InChI=1S/C13H19N3O/c1-16-7-8(6-15-16)4-11(17)12-9-2-3-10(5-9)13(12)14/h6-7,9-10,12-13H,2-5,14H2,1H3. The summed E-state index contributed by atoms with van der Waals surface area (Å²) >= 11 is 0. The molecule has 2 fully saturated rings. The zero-order chi connectivity index (χ0) is 12.0. The molecule has 0 radical (unpaired) electrons. The van der Waals surface area contributed by atoms with Gasteiger partial charge in [0, 0.05) is 31.6 Å². The van der Waals surface area contributed by atoms with E-state index in [1.807, 2.05) is 13.2 Å². The fourth-order valence-electron chi connectivity index (χ4n) is 3.70. The molecule has 0 saturated heterocycles. The molecule has 2 aliphatic carbocycles. The van der Waals surface area contributed by atoms with Crippen molar-refractivity contribution in [1.29, 1.82) is 0 Å². The van der Waals surface area contributed by atoms with Crippen LogP contribution in [-0.4, -0.2) is 21.6 Å². The van der Waals surface area contributed by atoms with Crippen LogP contribution in [0.15, 0.2) is 12.4 Å². The van der Waals surface area contributed by atoms with Crippen LogP contribution in [0, 0.1) is 17.8 Å². The third kappa shape index (κ3) is 1.80. The molecule has 4 atom stereocenters. The molecule has 1 heterocycles. The van der Waals surface area contributed by atoms with E-state index >= 15 is 0 Å². The van der Waals surface area contributed by atoms with Crippen molar-refractivity contribution in [3.8, 4) is 0 Å². The molecule has 0 amide bonds. The predicted molar refractivity (Wildman–Crippen MR) is 64.2 cm³/mol. The van der Waals surface area contributed by atoms with Crippen molar-refractivity contribution < 1.29 is 4.79 Å². The van der Waals surface area contributed by atoms with E-state index in [-0.39, 0.29) is 12.0 Å². The summed E-state index contributed by atoms with van der Waals surface area (Å²) in [6.07, 6.45) is 7.78. The second-order valence-electron chi connectivity index (χ2n) is 5.60. The summed E-state index contributed by atoms with van der Waals surface area (Å²) in [5.74, 6) is 1.58. The van der Waals surface area contributed by atoms with Crippen LogP contribution in [0.3, 0.4) is 0 Å². The fraction of sp³-hybridized carbons (Fsp3) is 0.692. The molecule has 2 saturated carbocycles. The predicted octanol–water partition coefficient (Wildman–Crippen LogP) is 0.905. The highest BCUT2D eigenvalue weighted by Crippen LogP contribution is 2.48. The van der Waals surface area contributed by atoms with Gasteiger partial charge in [0.25, 0.3) is 0 Å². The first-order chi connectivity index (χ1) is 8.15. The summed E-state index contributed by atoms with van der Waals surface area (Å²) in [5, 5.41) is 4.10. The number of nitrogens with two attached hydrogens (primary N) is 1. The van der Waals surface area contributed by atoms with E-state index in [0.29, 0.717) is 24.0 Å². The van der Waals surface area contributed by atoms with E-state index in [0.717, 1.165) is 5.56 Å². The van der Waals surface area contributed by atoms with Crippen LogP contribution in [-0.2, 0) is 18.3 Å². The van der Waals surface area contributed by atoms with Gasteiger partial charge in [-0.05, 0) is 36.7 Å². The van der Waals surface area contributed by atoms with Crippen LogP contribution >= 0.6 is 0 Å². The minimum Gasteiger partial charge on any atom is -0.327 e. The molecule has 4 nitrogen and oxygen atoms in total. The summed E-state index contributed by atoms with van der Waals surface area (Å²) in [4.78, 5) is 12.3. The minimum atomic E-state index is 0.106. The molecule has 4 unspecified atom stereocenters. The first kappa shape index (κ1) is 11.0. The van der Waals surface area contributed by atoms with E-state index in [1.165, 1.54) is 19.3 Å². The summed E-state index contributed by atoms with van der Waals surface area (Å²) in [6.45, 7) is 0. The Hall–Kier alpha value is -1.16. The van der Waals surface area contributed by atoms with E-state index < -0.39 is 0 Å². The maximum absolute atomic E-state index is 12.3. The van der Waals surface area contributed by atoms with Gasteiger partial charge in [-0.25, -0.2) is 0 Å². The number of aryl methyl sites for hydroxylation is 1. The number of rotatable bonds is 3. The molecule has 1 aromatic rings. The van der Waals surface area contributed by atoms with Crippen LogP contribution in [0.25, 0.3) is 0 Å². The average Bonchev–Trinajstić information content (AvgIpc) is 2.94. The Morgan fingerprint density at radius 3 is 2.88 bits per heavy atom. The van der Waals surface area contributed by atoms with E-state index in [2.05, 4.69) is 5.10 Å². The highest BCUT2D eigenvalue weighted by molar-refractivity contribution is 5.84. The smallest absolute Gasteiger partial charge is 0.142 e. The molecule has 2 bridgehead atoms. The number of hydrogen-bond acceptors (Lipinski definition) is 3. The van der Waals surface area contributed by atoms with Crippen LogP contribution in [0.1, 0.15) is 24.8 Å². The Labute approximate surface area is 101 Å². The number of hydrogen-bond donors (Lipinski definition) is 1. The van der Waals surface area contributed by atoms with Gasteiger partial charge in [-0.1, -0.05) is 0 Å². The van der Waals surface area contributed by atoms with Gasteiger partial charge < -0.3 is 5.73 Å². The lowest BCUT2D eigenvalue weighted by molar-refractivity contribution is -0.124. The van der Waals surface area contributed by atoms with Crippen LogP contribution in [0.5, 0.6) is 0 Å². The Morgan fingerprint density at radius 1 is 1.53 bits per heavy atom. The van der Waals surface area contributed by atoms with Crippen molar-refractivity contribution in [3.05, 3.63) is 18.0 Å². The number of aromatic nitrogens is 2. The number of ketones is 1. The summed E-state index contributed by atoms with van der Waals surface area (Å²) in [6, 6.07) is 0.109. The minimum absolute atomic E-state index is 0.106.